The highest BCUT2D eigenvalue weighted by atomic mass is 79.9. The predicted molar refractivity (Wildman–Crippen MR) is 99.5 cm³/mol. The highest BCUT2D eigenvalue weighted by Gasteiger charge is 2.15. The fourth-order valence-electron chi connectivity index (χ4n) is 2.54. The third-order valence-electron chi connectivity index (χ3n) is 3.66. The number of carbonyl (C=O) groups is 2. The van der Waals surface area contributed by atoms with Gasteiger partial charge in [-0.25, -0.2) is 4.79 Å². The van der Waals surface area contributed by atoms with Crippen LogP contribution in [0.2, 0.25) is 0 Å². The maximum Gasteiger partial charge on any atom is 0.329 e. The zero-order valence-electron chi connectivity index (χ0n) is 13.3. The molecule has 2 heterocycles. The second kappa shape index (κ2) is 7.24. The number of hydrogen-bond acceptors (Lipinski definition) is 4. The number of nitrogens with one attached hydrogen (secondary N) is 2. The summed E-state index contributed by atoms with van der Waals surface area (Å²) in [4.78, 5) is 37.0. The van der Waals surface area contributed by atoms with E-state index in [0.717, 1.165) is 9.30 Å². The number of halogens is 1. The Labute approximate surface area is 155 Å². The van der Waals surface area contributed by atoms with Crippen molar-refractivity contribution in [2.24, 2.45) is 0 Å². The molecule has 0 unspecified atom stereocenters. The Kier molecular flexibility index (Phi) is 5.05. The van der Waals surface area contributed by atoms with Gasteiger partial charge in [0.1, 0.15) is 6.54 Å². The Morgan fingerprint density at radius 2 is 1.76 bits per heavy atom. The fraction of sp³-hybridized carbons (Fsp3) is 0.188. The molecule has 0 fully saturated rings. The molecule has 1 aromatic carbocycles. The minimum atomic E-state index is -0.481. The lowest BCUT2D eigenvalue weighted by Crippen LogP contribution is -2.44. The van der Waals surface area contributed by atoms with Crippen molar-refractivity contribution in [3.8, 4) is 0 Å². The van der Waals surface area contributed by atoms with Crippen LogP contribution in [0.15, 0.2) is 45.0 Å². The molecule has 0 radical (unpaired) electrons. The van der Waals surface area contributed by atoms with Crippen LogP contribution >= 0.6 is 27.3 Å². The van der Waals surface area contributed by atoms with Crippen molar-refractivity contribution in [3.63, 3.8) is 0 Å². The minimum Gasteiger partial charge on any atom is -0.292 e. The zero-order chi connectivity index (χ0) is 18.0. The molecule has 0 atom stereocenters. The lowest BCUT2D eigenvalue weighted by molar-refractivity contribution is -0.122. The summed E-state index contributed by atoms with van der Waals surface area (Å²) in [6, 6.07) is 10.7. The first-order valence-corrected chi connectivity index (χ1v) is 9.14. The van der Waals surface area contributed by atoms with Crippen molar-refractivity contribution < 1.29 is 9.59 Å². The quantitative estimate of drug-likeness (QED) is 0.631. The number of nitrogens with zero attached hydrogens (tertiary/aromatic N) is 2. The van der Waals surface area contributed by atoms with E-state index >= 15 is 0 Å². The number of hydrazine groups is 1. The Morgan fingerprint density at radius 1 is 1.08 bits per heavy atom. The molecule has 7 nitrogen and oxygen atoms in total. The number of aromatic nitrogens is 2. The number of benzene rings is 1. The van der Waals surface area contributed by atoms with E-state index < -0.39 is 11.8 Å². The van der Waals surface area contributed by atoms with E-state index in [9.17, 15) is 14.4 Å². The number of rotatable bonds is 4. The summed E-state index contributed by atoms with van der Waals surface area (Å²) in [5.74, 6) is -0.891. The Bertz CT molecular complexity index is 1000. The third kappa shape index (κ3) is 3.52. The van der Waals surface area contributed by atoms with Gasteiger partial charge in [-0.2, -0.15) is 0 Å². The molecular weight excluding hydrogens is 408 g/mol. The van der Waals surface area contributed by atoms with E-state index in [-0.39, 0.29) is 12.2 Å². The molecule has 25 heavy (non-hydrogen) atoms. The largest absolute Gasteiger partial charge is 0.329 e. The number of thiophene rings is 1. The molecule has 2 amide bonds. The number of amides is 2. The van der Waals surface area contributed by atoms with Crippen molar-refractivity contribution in [1.82, 2.24) is 20.0 Å². The van der Waals surface area contributed by atoms with Gasteiger partial charge in [-0.15, -0.1) is 11.3 Å². The van der Waals surface area contributed by atoms with Gasteiger partial charge in [-0.3, -0.25) is 29.6 Å². The monoisotopic (exact) mass is 422 g/mol. The highest BCUT2D eigenvalue weighted by Crippen LogP contribution is 2.21. The highest BCUT2D eigenvalue weighted by molar-refractivity contribution is 9.11. The van der Waals surface area contributed by atoms with Crippen LogP contribution in [0.3, 0.4) is 0 Å². The molecule has 2 aromatic heterocycles. The molecule has 0 bridgehead atoms. The van der Waals surface area contributed by atoms with E-state index in [1.807, 2.05) is 25.1 Å². The molecule has 3 aromatic rings. The van der Waals surface area contributed by atoms with Crippen LogP contribution < -0.4 is 16.5 Å². The van der Waals surface area contributed by atoms with Crippen LogP contribution in [-0.4, -0.2) is 20.9 Å². The molecule has 0 saturated carbocycles. The van der Waals surface area contributed by atoms with Crippen LogP contribution in [0.25, 0.3) is 11.0 Å². The Morgan fingerprint density at radius 3 is 2.36 bits per heavy atom. The van der Waals surface area contributed by atoms with Gasteiger partial charge in [-0.05, 0) is 47.1 Å². The molecule has 0 saturated heterocycles. The Hall–Kier alpha value is -2.39. The van der Waals surface area contributed by atoms with Gasteiger partial charge in [0.25, 0.3) is 11.8 Å². The van der Waals surface area contributed by atoms with Crippen molar-refractivity contribution in [2.75, 3.05) is 0 Å². The van der Waals surface area contributed by atoms with Crippen molar-refractivity contribution in [1.29, 1.82) is 0 Å². The van der Waals surface area contributed by atoms with Crippen LogP contribution in [0, 0.1) is 0 Å². The first-order chi connectivity index (χ1) is 12.0. The first-order valence-electron chi connectivity index (χ1n) is 7.54. The topological polar surface area (TPSA) is 85.1 Å². The van der Waals surface area contributed by atoms with Gasteiger partial charge in [0.05, 0.1) is 19.7 Å². The first kappa shape index (κ1) is 17.4. The molecule has 3 rings (SSSR count). The average molecular weight is 423 g/mol. The molecule has 130 valence electrons. The lowest BCUT2D eigenvalue weighted by atomic mass is 10.3. The molecular formula is C16H15BrN4O3S. The number of para-hydroxylation sites is 2. The minimum absolute atomic E-state index is 0.180. The van der Waals surface area contributed by atoms with Crippen molar-refractivity contribution in [3.05, 3.63) is 55.5 Å². The van der Waals surface area contributed by atoms with Crippen molar-refractivity contribution >= 4 is 50.1 Å². The average Bonchev–Trinajstić information content (AvgIpc) is 3.15. The second-order valence-electron chi connectivity index (χ2n) is 5.21. The summed E-state index contributed by atoms with van der Waals surface area (Å²) in [5.41, 5.74) is 5.89. The standard InChI is InChI=1S/C16H15BrN4O3S/c1-2-20-10-5-3-4-6-11(10)21(16(20)24)9-14(22)18-19-15(23)12-7-8-13(17)25-12/h3-8H,2,9H2,1H3,(H,18,22)(H,19,23). The van der Waals surface area contributed by atoms with E-state index in [1.54, 1.807) is 22.8 Å². The summed E-state index contributed by atoms with van der Waals surface area (Å²) in [6.07, 6.45) is 0. The van der Waals surface area contributed by atoms with Gasteiger partial charge < -0.3 is 0 Å². The summed E-state index contributed by atoms with van der Waals surface area (Å²) in [6.45, 7) is 2.20. The molecule has 0 spiro atoms. The van der Waals surface area contributed by atoms with E-state index in [1.165, 1.54) is 15.9 Å². The zero-order valence-corrected chi connectivity index (χ0v) is 15.7. The van der Waals surface area contributed by atoms with Crippen LogP contribution in [0.1, 0.15) is 16.6 Å². The van der Waals surface area contributed by atoms with Gasteiger partial charge in [0.15, 0.2) is 0 Å². The summed E-state index contributed by atoms with van der Waals surface area (Å²) in [7, 11) is 0. The van der Waals surface area contributed by atoms with Gasteiger partial charge in [0.2, 0.25) is 0 Å². The Balaban J connectivity index is 1.73. The maximum atomic E-state index is 12.5. The van der Waals surface area contributed by atoms with Gasteiger partial charge in [0, 0.05) is 6.54 Å². The smallest absolute Gasteiger partial charge is 0.292 e. The van der Waals surface area contributed by atoms with Gasteiger partial charge in [-0.1, -0.05) is 12.1 Å². The number of hydrogen-bond donors (Lipinski definition) is 2. The molecule has 9 heteroatoms. The van der Waals surface area contributed by atoms with Crippen LogP contribution in [0.4, 0.5) is 0 Å². The molecule has 2 N–H and O–H groups in total. The molecule has 0 aliphatic rings. The molecule has 0 aliphatic heterocycles. The predicted octanol–water partition coefficient (Wildman–Crippen LogP) is 2.11. The maximum absolute atomic E-state index is 12.5. The SMILES string of the molecule is CCn1c(=O)n(CC(=O)NNC(=O)c2ccc(Br)s2)c2ccccc21. The lowest BCUT2D eigenvalue weighted by Gasteiger charge is -2.07. The van der Waals surface area contributed by atoms with Gasteiger partial charge >= 0.3 is 5.69 Å². The normalized spacial score (nSPS) is 10.8. The second-order valence-corrected chi connectivity index (χ2v) is 7.67. The summed E-state index contributed by atoms with van der Waals surface area (Å²) < 4.78 is 3.81. The fourth-order valence-corrected chi connectivity index (χ4v) is 3.82. The number of imidazole rings is 1. The number of carbonyl (C=O) groups excluding carboxylic acids is 2. The summed E-state index contributed by atoms with van der Waals surface area (Å²) in [5, 5.41) is 0. The van der Waals surface area contributed by atoms with Crippen LogP contribution in [0.5, 0.6) is 0 Å². The number of fused-ring (bicyclic) bond motifs is 1. The van der Waals surface area contributed by atoms with E-state index in [4.69, 9.17) is 0 Å². The number of aryl methyl sites for hydroxylation is 1. The molecule has 0 aliphatic carbocycles. The third-order valence-corrected chi connectivity index (χ3v) is 5.28. The van der Waals surface area contributed by atoms with Crippen molar-refractivity contribution in [2.45, 2.75) is 20.0 Å². The van der Waals surface area contributed by atoms with E-state index in [2.05, 4.69) is 26.8 Å². The summed E-state index contributed by atoms with van der Waals surface area (Å²) >= 11 is 4.53. The van der Waals surface area contributed by atoms with Crippen LogP contribution in [-0.2, 0) is 17.9 Å². The van der Waals surface area contributed by atoms with E-state index in [0.29, 0.717) is 16.9 Å².